The third kappa shape index (κ3) is 4.21. The molecule has 0 unspecified atom stereocenters. The Balaban J connectivity index is 1.47. The molecule has 1 N–H and O–H groups in total. The summed E-state index contributed by atoms with van der Waals surface area (Å²) in [6.45, 7) is 0.519. The Labute approximate surface area is 186 Å². The topological polar surface area (TPSA) is 76.7 Å². The molecule has 2 aromatic heterocycles. The number of hydrogen-bond donors (Lipinski definition) is 1. The van der Waals surface area contributed by atoms with Crippen LogP contribution < -0.4 is 4.74 Å². The molecule has 0 radical (unpaired) electrons. The van der Waals surface area contributed by atoms with Crippen molar-refractivity contribution in [2.24, 2.45) is 0 Å². The van der Waals surface area contributed by atoms with Crippen molar-refractivity contribution in [2.75, 3.05) is 0 Å². The summed E-state index contributed by atoms with van der Waals surface area (Å²) in [6, 6.07) is 19.6. The lowest BCUT2D eigenvalue weighted by atomic mass is 9.83. The van der Waals surface area contributed by atoms with Gasteiger partial charge in [0.15, 0.2) is 11.3 Å². The van der Waals surface area contributed by atoms with Crippen molar-refractivity contribution in [3.8, 4) is 17.0 Å². The Kier molecular flexibility index (Phi) is 5.58. The van der Waals surface area contributed by atoms with Gasteiger partial charge in [-0.2, -0.15) is 5.10 Å². The standard InChI is InChI=1S/C26H25N3O3/c30-26(31)23-15-24-27-25(22(16-29(24)28-23)19-9-5-2-6-10-19)20-11-13-21(14-12-20)32-17-18-7-3-1-4-8-18/h1,3-4,7-8,11-16,19H,2,5-6,9-10,17H2,(H,30,31). The molecule has 5 rings (SSSR count). The summed E-state index contributed by atoms with van der Waals surface area (Å²) in [4.78, 5) is 16.2. The molecule has 0 aliphatic heterocycles. The van der Waals surface area contributed by atoms with Gasteiger partial charge in [-0.25, -0.2) is 14.3 Å². The van der Waals surface area contributed by atoms with E-state index in [1.807, 2.05) is 60.8 Å². The van der Waals surface area contributed by atoms with Gasteiger partial charge in [-0.3, -0.25) is 0 Å². The predicted molar refractivity (Wildman–Crippen MR) is 122 cm³/mol. The van der Waals surface area contributed by atoms with Crippen LogP contribution in [0.15, 0.2) is 66.9 Å². The van der Waals surface area contributed by atoms with Gasteiger partial charge in [0.05, 0.1) is 5.69 Å². The SMILES string of the molecule is O=C(O)c1cc2nc(-c3ccc(OCc4ccccc4)cc3)c(C3CCCCC3)cn2n1. The minimum Gasteiger partial charge on any atom is -0.489 e. The molecule has 0 spiro atoms. The maximum absolute atomic E-state index is 11.4. The average molecular weight is 428 g/mol. The van der Waals surface area contributed by atoms with Crippen molar-refractivity contribution in [2.45, 2.75) is 44.6 Å². The number of rotatable bonds is 6. The van der Waals surface area contributed by atoms with Crippen molar-refractivity contribution in [3.63, 3.8) is 0 Å². The lowest BCUT2D eigenvalue weighted by Gasteiger charge is -2.24. The first-order valence-electron chi connectivity index (χ1n) is 11.1. The highest BCUT2D eigenvalue weighted by molar-refractivity contribution is 5.86. The fourth-order valence-corrected chi connectivity index (χ4v) is 4.43. The average Bonchev–Trinajstić information content (AvgIpc) is 3.27. The molecule has 2 aromatic carbocycles. The highest BCUT2D eigenvalue weighted by atomic mass is 16.5. The molecule has 4 aromatic rings. The van der Waals surface area contributed by atoms with E-state index in [0.717, 1.165) is 41.0 Å². The number of fused-ring (bicyclic) bond motifs is 1. The molecule has 32 heavy (non-hydrogen) atoms. The fourth-order valence-electron chi connectivity index (χ4n) is 4.43. The largest absolute Gasteiger partial charge is 0.489 e. The van der Waals surface area contributed by atoms with E-state index in [0.29, 0.717) is 18.2 Å². The number of carboxylic acid groups (broad SMARTS) is 1. The zero-order valence-corrected chi connectivity index (χ0v) is 17.8. The van der Waals surface area contributed by atoms with Gasteiger partial charge >= 0.3 is 5.97 Å². The summed E-state index contributed by atoms with van der Waals surface area (Å²) in [5, 5.41) is 13.5. The van der Waals surface area contributed by atoms with Crippen molar-refractivity contribution in [3.05, 3.63) is 83.7 Å². The van der Waals surface area contributed by atoms with Gasteiger partial charge in [0, 0.05) is 17.8 Å². The maximum atomic E-state index is 11.4. The molecule has 0 saturated heterocycles. The van der Waals surface area contributed by atoms with E-state index < -0.39 is 5.97 Å². The van der Waals surface area contributed by atoms with Gasteiger partial charge in [-0.1, -0.05) is 49.6 Å². The lowest BCUT2D eigenvalue weighted by Crippen LogP contribution is -2.09. The lowest BCUT2D eigenvalue weighted by molar-refractivity contribution is 0.0690. The zero-order valence-electron chi connectivity index (χ0n) is 17.8. The third-order valence-corrected chi connectivity index (χ3v) is 6.12. The molecule has 1 aliphatic carbocycles. The minimum atomic E-state index is -1.05. The third-order valence-electron chi connectivity index (χ3n) is 6.12. The van der Waals surface area contributed by atoms with E-state index in [2.05, 4.69) is 5.10 Å². The molecular formula is C26H25N3O3. The molecule has 0 bridgehead atoms. The number of aromatic nitrogens is 3. The molecule has 1 fully saturated rings. The summed E-state index contributed by atoms with van der Waals surface area (Å²) in [6.07, 6.45) is 7.87. The van der Waals surface area contributed by atoms with E-state index in [-0.39, 0.29) is 5.69 Å². The van der Waals surface area contributed by atoms with Crippen molar-refractivity contribution in [1.82, 2.24) is 14.6 Å². The summed E-state index contributed by atoms with van der Waals surface area (Å²) < 4.78 is 7.54. The van der Waals surface area contributed by atoms with Crippen LogP contribution in [0.25, 0.3) is 16.9 Å². The smallest absolute Gasteiger partial charge is 0.356 e. The Morgan fingerprint density at radius 3 is 2.50 bits per heavy atom. The molecule has 6 nitrogen and oxygen atoms in total. The van der Waals surface area contributed by atoms with Crippen LogP contribution in [-0.2, 0) is 6.61 Å². The Morgan fingerprint density at radius 1 is 1.03 bits per heavy atom. The Bertz CT molecular complexity index is 1230. The van der Waals surface area contributed by atoms with E-state index >= 15 is 0 Å². The molecule has 2 heterocycles. The molecule has 0 amide bonds. The van der Waals surface area contributed by atoms with Crippen molar-refractivity contribution < 1.29 is 14.6 Å². The van der Waals surface area contributed by atoms with Crippen LogP contribution in [0, 0.1) is 0 Å². The van der Waals surface area contributed by atoms with Gasteiger partial charge in [-0.05, 0) is 54.2 Å². The van der Waals surface area contributed by atoms with Gasteiger partial charge < -0.3 is 9.84 Å². The maximum Gasteiger partial charge on any atom is 0.356 e. The van der Waals surface area contributed by atoms with Crippen LogP contribution in [0.3, 0.4) is 0 Å². The normalized spacial score (nSPS) is 14.5. The second kappa shape index (κ2) is 8.83. The number of nitrogens with zero attached hydrogens (tertiary/aromatic N) is 3. The number of carbonyl (C=O) groups is 1. The fraction of sp³-hybridized carbons (Fsp3) is 0.269. The highest BCUT2D eigenvalue weighted by Gasteiger charge is 2.22. The molecule has 162 valence electrons. The number of ether oxygens (including phenoxy) is 1. The molecule has 1 aliphatic rings. The first-order chi connectivity index (χ1) is 15.7. The number of benzene rings is 2. The van der Waals surface area contributed by atoms with Crippen LogP contribution in [0.4, 0.5) is 0 Å². The second-order valence-corrected chi connectivity index (χ2v) is 8.32. The van der Waals surface area contributed by atoms with Gasteiger partial charge in [-0.15, -0.1) is 0 Å². The monoisotopic (exact) mass is 427 g/mol. The summed E-state index contributed by atoms with van der Waals surface area (Å²) >= 11 is 0. The minimum absolute atomic E-state index is 0.00824. The van der Waals surface area contributed by atoms with Crippen LogP contribution in [0.2, 0.25) is 0 Å². The Hall–Kier alpha value is -3.67. The number of aromatic carboxylic acids is 1. The van der Waals surface area contributed by atoms with E-state index in [9.17, 15) is 9.90 Å². The van der Waals surface area contributed by atoms with Gasteiger partial charge in [0.1, 0.15) is 12.4 Å². The van der Waals surface area contributed by atoms with Gasteiger partial charge in [0.25, 0.3) is 0 Å². The summed E-state index contributed by atoms with van der Waals surface area (Å²) in [5.41, 5.74) is 4.71. The molecular weight excluding hydrogens is 402 g/mol. The first kappa shape index (κ1) is 20.2. The van der Waals surface area contributed by atoms with Crippen molar-refractivity contribution >= 4 is 11.6 Å². The van der Waals surface area contributed by atoms with Crippen LogP contribution in [0.1, 0.15) is 59.6 Å². The molecule has 1 saturated carbocycles. The summed E-state index contributed by atoms with van der Waals surface area (Å²) in [5.74, 6) is 0.161. The van der Waals surface area contributed by atoms with E-state index in [1.54, 1.807) is 4.52 Å². The highest BCUT2D eigenvalue weighted by Crippen LogP contribution is 2.38. The molecule has 0 atom stereocenters. The number of carboxylic acids is 1. The summed E-state index contributed by atoms with van der Waals surface area (Å²) in [7, 11) is 0. The predicted octanol–water partition coefficient (Wildman–Crippen LogP) is 5.72. The van der Waals surface area contributed by atoms with Crippen LogP contribution >= 0.6 is 0 Å². The second-order valence-electron chi connectivity index (χ2n) is 8.32. The van der Waals surface area contributed by atoms with Crippen molar-refractivity contribution in [1.29, 1.82) is 0 Å². The first-order valence-corrected chi connectivity index (χ1v) is 11.1. The van der Waals surface area contributed by atoms with Gasteiger partial charge in [0.2, 0.25) is 0 Å². The molecule has 6 heteroatoms. The quantitative estimate of drug-likeness (QED) is 0.426. The van der Waals surface area contributed by atoms with E-state index in [1.165, 1.54) is 25.3 Å². The Morgan fingerprint density at radius 2 is 1.78 bits per heavy atom. The van der Waals surface area contributed by atoms with Crippen LogP contribution in [-0.4, -0.2) is 25.7 Å². The zero-order chi connectivity index (χ0) is 21.9. The van der Waals surface area contributed by atoms with E-state index in [4.69, 9.17) is 9.72 Å². The van der Waals surface area contributed by atoms with Crippen LogP contribution in [0.5, 0.6) is 5.75 Å². The number of hydrogen-bond acceptors (Lipinski definition) is 4.